The molecule has 1 fully saturated rings. The number of nitrogens with one attached hydrogen (secondary N) is 2. The summed E-state index contributed by atoms with van der Waals surface area (Å²) in [5, 5.41) is 6.22. The molecule has 1 atom stereocenters. The van der Waals surface area contributed by atoms with E-state index in [4.69, 9.17) is 0 Å². The van der Waals surface area contributed by atoms with Crippen molar-refractivity contribution in [2.24, 2.45) is 0 Å². The quantitative estimate of drug-likeness (QED) is 0.582. The zero-order valence-electron chi connectivity index (χ0n) is 7.76. The Morgan fingerprint density at radius 1 is 1.31 bits per heavy atom. The number of carbonyl (C=O) groups excluding carboxylic acids is 1. The molecule has 0 aromatic rings. The molecule has 3 nitrogen and oxygen atoms in total. The molecule has 1 amide bonds. The molecule has 2 aliphatic rings. The zero-order valence-corrected chi connectivity index (χ0v) is 7.76. The van der Waals surface area contributed by atoms with E-state index in [1.54, 1.807) is 0 Å². The van der Waals surface area contributed by atoms with E-state index in [0.717, 1.165) is 24.2 Å². The SMILES string of the molecule is C[C@H]1CC(=O)NC2=CCCC=C2N1. The lowest BCUT2D eigenvalue weighted by molar-refractivity contribution is -0.120. The number of hydrogen-bond donors (Lipinski definition) is 2. The van der Waals surface area contributed by atoms with E-state index in [-0.39, 0.29) is 11.9 Å². The van der Waals surface area contributed by atoms with Gasteiger partial charge in [-0.3, -0.25) is 4.79 Å². The van der Waals surface area contributed by atoms with E-state index in [1.165, 1.54) is 0 Å². The van der Waals surface area contributed by atoms with Gasteiger partial charge in [0.15, 0.2) is 0 Å². The van der Waals surface area contributed by atoms with Gasteiger partial charge < -0.3 is 10.6 Å². The molecule has 0 aromatic heterocycles. The van der Waals surface area contributed by atoms with E-state index in [9.17, 15) is 4.79 Å². The molecular formula is C10H14N2O. The minimum Gasteiger partial charge on any atom is -0.381 e. The second-order valence-corrected chi connectivity index (χ2v) is 3.61. The highest BCUT2D eigenvalue weighted by atomic mass is 16.1. The molecule has 13 heavy (non-hydrogen) atoms. The fraction of sp³-hybridized carbons (Fsp3) is 0.500. The van der Waals surface area contributed by atoms with Crippen molar-refractivity contribution >= 4 is 5.91 Å². The minimum atomic E-state index is 0.108. The normalized spacial score (nSPS) is 27.5. The maximum absolute atomic E-state index is 11.3. The number of rotatable bonds is 0. The molecule has 2 N–H and O–H groups in total. The maximum atomic E-state index is 11.3. The summed E-state index contributed by atoms with van der Waals surface area (Å²) < 4.78 is 0. The predicted octanol–water partition coefficient (Wildman–Crippen LogP) is 1.05. The lowest BCUT2D eigenvalue weighted by atomic mass is 10.1. The fourth-order valence-electron chi connectivity index (χ4n) is 1.73. The number of amides is 1. The van der Waals surface area contributed by atoms with Crippen LogP contribution in [0.2, 0.25) is 0 Å². The van der Waals surface area contributed by atoms with Crippen LogP contribution in [0, 0.1) is 0 Å². The summed E-state index contributed by atoms with van der Waals surface area (Å²) in [5.41, 5.74) is 2.05. The Bertz CT molecular complexity index is 291. The third kappa shape index (κ3) is 1.74. The summed E-state index contributed by atoms with van der Waals surface area (Å²) in [6, 6.07) is 0.232. The van der Waals surface area contributed by atoms with Crippen molar-refractivity contribution in [2.45, 2.75) is 32.2 Å². The number of hydrogen-bond acceptors (Lipinski definition) is 2. The number of carbonyl (C=O) groups is 1. The van der Waals surface area contributed by atoms with Crippen LogP contribution in [-0.2, 0) is 4.79 Å². The van der Waals surface area contributed by atoms with Crippen molar-refractivity contribution < 1.29 is 4.79 Å². The highest BCUT2D eigenvalue weighted by molar-refractivity contribution is 5.80. The molecule has 0 radical (unpaired) electrons. The second-order valence-electron chi connectivity index (χ2n) is 3.61. The van der Waals surface area contributed by atoms with Gasteiger partial charge in [0.05, 0.1) is 11.4 Å². The zero-order chi connectivity index (χ0) is 9.26. The highest BCUT2D eigenvalue weighted by Gasteiger charge is 2.19. The van der Waals surface area contributed by atoms with Crippen LogP contribution in [-0.4, -0.2) is 11.9 Å². The summed E-state index contributed by atoms with van der Waals surface area (Å²) in [4.78, 5) is 11.3. The summed E-state index contributed by atoms with van der Waals surface area (Å²) in [7, 11) is 0. The van der Waals surface area contributed by atoms with Crippen LogP contribution in [0.25, 0.3) is 0 Å². The van der Waals surface area contributed by atoms with E-state index in [1.807, 2.05) is 6.92 Å². The molecule has 70 valence electrons. The van der Waals surface area contributed by atoms with Crippen LogP contribution in [0.1, 0.15) is 26.2 Å². The molecule has 1 heterocycles. The van der Waals surface area contributed by atoms with Gasteiger partial charge >= 0.3 is 0 Å². The summed E-state index contributed by atoms with van der Waals surface area (Å²) in [6.45, 7) is 2.03. The Hall–Kier alpha value is -1.25. The van der Waals surface area contributed by atoms with Crippen molar-refractivity contribution in [3.63, 3.8) is 0 Å². The van der Waals surface area contributed by atoms with Crippen molar-refractivity contribution in [3.05, 3.63) is 23.5 Å². The molecule has 0 aromatic carbocycles. The first-order chi connectivity index (χ1) is 6.25. The molecule has 0 spiro atoms. The summed E-state index contributed by atoms with van der Waals surface area (Å²) in [5.74, 6) is 0.108. The van der Waals surface area contributed by atoms with Crippen LogP contribution in [0.5, 0.6) is 0 Å². The van der Waals surface area contributed by atoms with E-state index < -0.39 is 0 Å². The third-order valence-electron chi connectivity index (χ3n) is 2.32. The Morgan fingerprint density at radius 3 is 2.77 bits per heavy atom. The van der Waals surface area contributed by atoms with Crippen molar-refractivity contribution in [3.8, 4) is 0 Å². The lowest BCUT2D eigenvalue weighted by Gasteiger charge is -2.16. The lowest BCUT2D eigenvalue weighted by Crippen LogP contribution is -2.25. The molecule has 2 rings (SSSR count). The van der Waals surface area contributed by atoms with Crippen LogP contribution in [0.4, 0.5) is 0 Å². The van der Waals surface area contributed by atoms with Gasteiger partial charge in [0, 0.05) is 12.5 Å². The van der Waals surface area contributed by atoms with Gasteiger partial charge in [-0.1, -0.05) is 12.2 Å². The van der Waals surface area contributed by atoms with Crippen molar-refractivity contribution in [2.75, 3.05) is 0 Å². The Labute approximate surface area is 77.9 Å². The number of allylic oxidation sites excluding steroid dienone is 2. The Balaban J connectivity index is 2.24. The molecule has 1 aliphatic carbocycles. The fourth-order valence-corrected chi connectivity index (χ4v) is 1.73. The van der Waals surface area contributed by atoms with Crippen LogP contribution in [0.3, 0.4) is 0 Å². The van der Waals surface area contributed by atoms with Gasteiger partial charge in [0.2, 0.25) is 5.91 Å². The summed E-state index contributed by atoms with van der Waals surface area (Å²) in [6.07, 6.45) is 6.87. The topological polar surface area (TPSA) is 41.1 Å². The van der Waals surface area contributed by atoms with Gasteiger partial charge in [0.25, 0.3) is 0 Å². The van der Waals surface area contributed by atoms with E-state index >= 15 is 0 Å². The molecule has 3 heteroatoms. The maximum Gasteiger partial charge on any atom is 0.226 e. The predicted molar refractivity (Wildman–Crippen MR) is 50.8 cm³/mol. The van der Waals surface area contributed by atoms with Crippen LogP contribution >= 0.6 is 0 Å². The first-order valence-corrected chi connectivity index (χ1v) is 4.73. The van der Waals surface area contributed by atoms with Crippen molar-refractivity contribution in [1.29, 1.82) is 0 Å². The van der Waals surface area contributed by atoms with Gasteiger partial charge in [-0.05, 0) is 19.8 Å². The molecule has 1 saturated heterocycles. The smallest absolute Gasteiger partial charge is 0.226 e. The first kappa shape index (κ1) is 8.35. The van der Waals surface area contributed by atoms with Gasteiger partial charge in [0.1, 0.15) is 0 Å². The van der Waals surface area contributed by atoms with Crippen molar-refractivity contribution in [1.82, 2.24) is 10.6 Å². The monoisotopic (exact) mass is 178 g/mol. The average molecular weight is 178 g/mol. The van der Waals surface area contributed by atoms with Gasteiger partial charge in [-0.25, -0.2) is 0 Å². The van der Waals surface area contributed by atoms with Gasteiger partial charge in [-0.15, -0.1) is 0 Å². The first-order valence-electron chi connectivity index (χ1n) is 4.73. The highest BCUT2D eigenvalue weighted by Crippen LogP contribution is 2.17. The molecule has 1 aliphatic heterocycles. The summed E-state index contributed by atoms with van der Waals surface area (Å²) >= 11 is 0. The van der Waals surface area contributed by atoms with E-state index in [2.05, 4.69) is 22.8 Å². The molecule has 0 bridgehead atoms. The minimum absolute atomic E-state index is 0.108. The van der Waals surface area contributed by atoms with Crippen LogP contribution < -0.4 is 10.6 Å². The Morgan fingerprint density at radius 2 is 2.00 bits per heavy atom. The standard InChI is InChI=1S/C10H14N2O/c1-7-6-10(13)12-9-5-3-2-4-8(9)11-7/h4-5,7,11H,2-3,6H2,1H3,(H,12,13)/t7-/m0/s1. The largest absolute Gasteiger partial charge is 0.381 e. The van der Waals surface area contributed by atoms with E-state index in [0.29, 0.717) is 6.42 Å². The molecular weight excluding hydrogens is 164 g/mol. The molecule has 0 unspecified atom stereocenters. The third-order valence-corrected chi connectivity index (χ3v) is 2.32. The van der Waals surface area contributed by atoms with Gasteiger partial charge in [-0.2, -0.15) is 0 Å². The second kappa shape index (κ2) is 3.24. The molecule has 0 saturated carbocycles. The average Bonchev–Trinajstić information content (AvgIpc) is 2.20. The Kier molecular flexibility index (Phi) is 2.08. The van der Waals surface area contributed by atoms with Crippen LogP contribution in [0.15, 0.2) is 23.5 Å². The number of fused-ring (bicyclic) bond motifs is 1.